The van der Waals surface area contributed by atoms with Crippen molar-refractivity contribution in [3.05, 3.63) is 0 Å². The highest BCUT2D eigenvalue weighted by Gasteiger charge is 2.55. The van der Waals surface area contributed by atoms with Crippen LogP contribution in [-0.4, -0.2) is 12.1 Å². The fraction of sp³-hybridized carbons (Fsp3) is 0.929. The third kappa shape index (κ3) is 1.87. The molecule has 2 fully saturated rings. The van der Waals surface area contributed by atoms with Crippen molar-refractivity contribution >= 4 is 5.97 Å². The van der Waals surface area contributed by atoms with E-state index in [1.807, 2.05) is 0 Å². The minimum absolute atomic E-state index is 0.0705. The van der Waals surface area contributed by atoms with Gasteiger partial charge in [0.25, 0.3) is 0 Å². The van der Waals surface area contributed by atoms with Crippen molar-refractivity contribution in [3.8, 4) is 0 Å². The molecule has 1 atom stereocenters. The quantitative estimate of drug-likeness (QED) is 0.685. The molecular formula is C14H24O2. The monoisotopic (exact) mass is 224 g/mol. The molecule has 0 aromatic heterocycles. The van der Waals surface area contributed by atoms with Gasteiger partial charge in [-0.3, -0.25) is 4.79 Å². The first-order valence-corrected chi connectivity index (χ1v) is 6.57. The Bertz CT molecular complexity index is 287. The van der Waals surface area contributed by atoms with Crippen molar-refractivity contribution in [1.29, 1.82) is 0 Å². The largest absolute Gasteiger partial charge is 0.461 e. The molecule has 0 radical (unpaired) electrons. The maximum Gasteiger partial charge on any atom is 0.312 e. The maximum atomic E-state index is 11.9. The van der Waals surface area contributed by atoms with Crippen LogP contribution in [0.4, 0.5) is 0 Å². The van der Waals surface area contributed by atoms with Crippen LogP contribution in [0.15, 0.2) is 0 Å². The van der Waals surface area contributed by atoms with Crippen molar-refractivity contribution in [2.45, 2.75) is 65.9 Å². The first kappa shape index (κ1) is 11.9. The van der Waals surface area contributed by atoms with Gasteiger partial charge in [-0.15, -0.1) is 0 Å². The van der Waals surface area contributed by atoms with Gasteiger partial charge in [-0.05, 0) is 25.2 Å². The zero-order valence-electron chi connectivity index (χ0n) is 11.0. The first-order valence-electron chi connectivity index (χ1n) is 6.57. The predicted octanol–water partition coefficient (Wildman–Crippen LogP) is 3.54. The molecule has 1 heterocycles. The zero-order valence-corrected chi connectivity index (χ0v) is 11.0. The van der Waals surface area contributed by atoms with Crippen LogP contribution in [0.3, 0.4) is 0 Å². The molecule has 0 amide bonds. The van der Waals surface area contributed by atoms with Crippen LogP contribution in [0.5, 0.6) is 0 Å². The average Bonchev–Trinajstić information content (AvgIpc) is 2.40. The molecule has 2 rings (SSSR count). The third-order valence-electron chi connectivity index (χ3n) is 4.38. The number of esters is 1. The number of cyclic esters (lactones) is 1. The Morgan fingerprint density at radius 3 is 2.44 bits per heavy atom. The van der Waals surface area contributed by atoms with Gasteiger partial charge in [0.2, 0.25) is 0 Å². The molecule has 1 aliphatic carbocycles. The smallest absolute Gasteiger partial charge is 0.312 e. The van der Waals surface area contributed by atoms with Crippen LogP contribution >= 0.6 is 0 Å². The predicted molar refractivity (Wildman–Crippen MR) is 64.0 cm³/mol. The second-order valence-electron chi connectivity index (χ2n) is 6.82. The van der Waals surface area contributed by atoms with Crippen LogP contribution in [0, 0.1) is 16.7 Å². The van der Waals surface area contributed by atoms with E-state index in [0.29, 0.717) is 5.92 Å². The Labute approximate surface area is 98.7 Å². The van der Waals surface area contributed by atoms with E-state index < -0.39 is 0 Å². The normalized spacial score (nSPS) is 28.3. The summed E-state index contributed by atoms with van der Waals surface area (Å²) in [5, 5.41) is 0. The molecule has 1 spiro atoms. The Hall–Kier alpha value is -0.530. The highest BCUT2D eigenvalue weighted by molar-refractivity contribution is 5.80. The second kappa shape index (κ2) is 3.75. The van der Waals surface area contributed by atoms with Gasteiger partial charge in [-0.25, -0.2) is 0 Å². The number of rotatable bonds is 3. The average molecular weight is 224 g/mol. The van der Waals surface area contributed by atoms with Crippen LogP contribution in [0.2, 0.25) is 0 Å². The summed E-state index contributed by atoms with van der Waals surface area (Å²) in [5.74, 6) is 0.743. The van der Waals surface area contributed by atoms with Gasteiger partial charge in [-0.2, -0.15) is 0 Å². The summed E-state index contributed by atoms with van der Waals surface area (Å²) in [5.41, 5.74) is 0.0574. The molecule has 2 heteroatoms. The fourth-order valence-corrected chi connectivity index (χ4v) is 3.37. The van der Waals surface area contributed by atoms with Crippen molar-refractivity contribution in [2.75, 3.05) is 0 Å². The lowest BCUT2D eigenvalue weighted by Crippen LogP contribution is -2.35. The molecule has 0 unspecified atom stereocenters. The van der Waals surface area contributed by atoms with Crippen molar-refractivity contribution in [3.63, 3.8) is 0 Å². The summed E-state index contributed by atoms with van der Waals surface area (Å²) in [6.45, 7) is 8.94. The van der Waals surface area contributed by atoms with Crippen LogP contribution in [-0.2, 0) is 9.53 Å². The molecule has 2 aliphatic rings. The van der Waals surface area contributed by atoms with Gasteiger partial charge in [-0.1, -0.05) is 34.1 Å². The van der Waals surface area contributed by atoms with Gasteiger partial charge in [0.15, 0.2) is 0 Å². The lowest BCUT2D eigenvalue weighted by Gasteiger charge is -2.35. The number of hydrogen-bond donors (Lipinski definition) is 0. The standard InChI is InChI=1S/C14H24O2/c1-10(2)8-13(3,4)11-9-14(6-5-7-14)12(15)16-11/h10-11H,5-9H2,1-4H3/t11-/m0/s1. The topological polar surface area (TPSA) is 26.3 Å². The summed E-state index contributed by atoms with van der Waals surface area (Å²) in [4.78, 5) is 11.9. The number of carbonyl (C=O) groups is 1. The summed E-state index contributed by atoms with van der Waals surface area (Å²) >= 11 is 0. The van der Waals surface area contributed by atoms with Gasteiger partial charge in [0, 0.05) is 11.8 Å². The fourth-order valence-electron chi connectivity index (χ4n) is 3.37. The van der Waals surface area contributed by atoms with Gasteiger partial charge in [0.1, 0.15) is 6.10 Å². The van der Waals surface area contributed by atoms with Crippen molar-refractivity contribution in [2.24, 2.45) is 16.7 Å². The van der Waals surface area contributed by atoms with E-state index in [2.05, 4.69) is 27.7 Å². The van der Waals surface area contributed by atoms with Crippen LogP contribution in [0.25, 0.3) is 0 Å². The molecule has 0 N–H and O–H groups in total. The molecule has 0 bridgehead atoms. The summed E-state index contributed by atoms with van der Waals surface area (Å²) in [6, 6.07) is 0. The van der Waals surface area contributed by atoms with E-state index in [4.69, 9.17) is 4.74 Å². The number of carbonyl (C=O) groups excluding carboxylic acids is 1. The summed E-state index contributed by atoms with van der Waals surface area (Å²) in [6.07, 6.45) is 5.54. The molecule has 2 nitrogen and oxygen atoms in total. The lowest BCUT2D eigenvalue weighted by molar-refractivity contribution is -0.155. The summed E-state index contributed by atoms with van der Waals surface area (Å²) < 4.78 is 5.65. The Morgan fingerprint density at radius 2 is 2.06 bits per heavy atom. The van der Waals surface area contributed by atoms with E-state index in [1.165, 1.54) is 6.42 Å². The Morgan fingerprint density at radius 1 is 1.44 bits per heavy atom. The zero-order chi connectivity index (χ0) is 12.0. The number of hydrogen-bond acceptors (Lipinski definition) is 2. The molecule has 1 saturated carbocycles. The van der Waals surface area contributed by atoms with Crippen LogP contribution in [0.1, 0.15) is 59.8 Å². The van der Waals surface area contributed by atoms with Crippen LogP contribution < -0.4 is 0 Å². The number of ether oxygens (including phenoxy) is 1. The Kier molecular flexibility index (Phi) is 2.80. The van der Waals surface area contributed by atoms with E-state index >= 15 is 0 Å². The van der Waals surface area contributed by atoms with Gasteiger partial charge >= 0.3 is 5.97 Å². The highest BCUT2D eigenvalue weighted by Crippen LogP contribution is 2.53. The van der Waals surface area contributed by atoms with Gasteiger partial charge in [0.05, 0.1) is 5.41 Å². The molecular weight excluding hydrogens is 200 g/mol. The molecule has 0 aromatic rings. The Balaban J connectivity index is 2.04. The lowest BCUT2D eigenvalue weighted by atomic mass is 9.64. The van der Waals surface area contributed by atoms with E-state index in [-0.39, 0.29) is 22.9 Å². The van der Waals surface area contributed by atoms with E-state index in [0.717, 1.165) is 25.7 Å². The molecule has 1 aliphatic heterocycles. The minimum Gasteiger partial charge on any atom is -0.461 e. The third-order valence-corrected chi connectivity index (χ3v) is 4.38. The van der Waals surface area contributed by atoms with E-state index in [9.17, 15) is 4.79 Å². The summed E-state index contributed by atoms with van der Waals surface area (Å²) in [7, 11) is 0. The van der Waals surface area contributed by atoms with Gasteiger partial charge < -0.3 is 4.74 Å². The van der Waals surface area contributed by atoms with E-state index in [1.54, 1.807) is 0 Å². The minimum atomic E-state index is -0.0705. The molecule has 16 heavy (non-hydrogen) atoms. The SMILES string of the molecule is CC(C)CC(C)(C)[C@@H]1CC2(CCC2)C(=O)O1. The molecule has 0 aromatic carbocycles. The first-order chi connectivity index (χ1) is 7.36. The molecule has 92 valence electrons. The van der Waals surface area contributed by atoms with Crippen molar-refractivity contribution in [1.82, 2.24) is 0 Å². The van der Waals surface area contributed by atoms with Crippen molar-refractivity contribution < 1.29 is 9.53 Å². The second-order valence-corrected chi connectivity index (χ2v) is 6.82. The maximum absolute atomic E-state index is 11.9. The molecule has 1 saturated heterocycles. The highest BCUT2D eigenvalue weighted by atomic mass is 16.6.